The largest absolute Gasteiger partial charge is 0.396 e. The standard InChI is InChI=1S/C15H20FN3/c1-10(2)6-7-19-9-14(17)15(18-19)12-5-4-11(3)13(16)8-12/h4-5,8-10H,6-7,17H2,1-3H3. The molecular weight excluding hydrogens is 241 g/mol. The third-order valence-corrected chi connectivity index (χ3v) is 3.17. The molecule has 0 aliphatic rings. The molecule has 102 valence electrons. The molecule has 19 heavy (non-hydrogen) atoms. The summed E-state index contributed by atoms with van der Waals surface area (Å²) < 4.78 is 15.4. The van der Waals surface area contributed by atoms with Crippen LogP contribution in [-0.2, 0) is 6.54 Å². The number of nitrogen functional groups attached to an aromatic ring is 1. The summed E-state index contributed by atoms with van der Waals surface area (Å²) >= 11 is 0. The van der Waals surface area contributed by atoms with Gasteiger partial charge in [-0.2, -0.15) is 5.10 Å². The molecule has 1 aromatic heterocycles. The van der Waals surface area contributed by atoms with Crippen LogP contribution in [0.4, 0.5) is 10.1 Å². The quantitative estimate of drug-likeness (QED) is 0.913. The molecule has 0 bridgehead atoms. The molecule has 0 spiro atoms. The Kier molecular flexibility index (Phi) is 3.88. The molecule has 2 N–H and O–H groups in total. The van der Waals surface area contributed by atoms with Crippen molar-refractivity contribution in [1.29, 1.82) is 0 Å². The van der Waals surface area contributed by atoms with Gasteiger partial charge in [0.2, 0.25) is 0 Å². The first-order chi connectivity index (χ1) is 8.97. The number of benzene rings is 1. The average molecular weight is 261 g/mol. The second-order valence-corrected chi connectivity index (χ2v) is 5.34. The summed E-state index contributed by atoms with van der Waals surface area (Å²) in [6, 6.07) is 5.09. The summed E-state index contributed by atoms with van der Waals surface area (Å²) in [6.07, 6.45) is 2.86. The minimum absolute atomic E-state index is 0.228. The van der Waals surface area contributed by atoms with E-state index in [4.69, 9.17) is 5.73 Å². The summed E-state index contributed by atoms with van der Waals surface area (Å²) in [7, 11) is 0. The van der Waals surface area contributed by atoms with Crippen LogP contribution in [0.5, 0.6) is 0 Å². The van der Waals surface area contributed by atoms with Crippen molar-refractivity contribution in [3.05, 3.63) is 35.8 Å². The Bertz CT molecular complexity index is 573. The van der Waals surface area contributed by atoms with Crippen molar-refractivity contribution < 1.29 is 4.39 Å². The maximum atomic E-state index is 13.6. The molecule has 0 aliphatic heterocycles. The number of aromatic nitrogens is 2. The lowest BCUT2D eigenvalue weighted by Gasteiger charge is -2.04. The van der Waals surface area contributed by atoms with Gasteiger partial charge in [0.1, 0.15) is 11.5 Å². The molecule has 0 amide bonds. The molecule has 0 unspecified atom stereocenters. The summed E-state index contributed by atoms with van der Waals surface area (Å²) in [4.78, 5) is 0. The van der Waals surface area contributed by atoms with Gasteiger partial charge in [0.25, 0.3) is 0 Å². The van der Waals surface area contributed by atoms with Crippen molar-refractivity contribution in [2.75, 3.05) is 5.73 Å². The van der Waals surface area contributed by atoms with Crippen LogP contribution < -0.4 is 5.73 Å². The van der Waals surface area contributed by atoms with Gasteiger partial charge < -0.3 is 5.73 Å². The zero-order valence-electron chi connectivity index (χ0n) is 11.7. The summed E-state index contributed by atoms with van der Waals surface area (Å²) in [5, 5.41) is 4.45. The molecule has 0 saturated heterocycles. The number of anilines is 1. The number of aryl methyl sites for hydroxylation is 2. The molecule has 0 fully saturated rings. The van der Waals surface area contributed by atoms with Gasteiger partial charge in [-0.1, -0.05) is 26.0 Å². The lowest BCUT2D eigenvalue weighted by atomic mass is 10.1. The Hall–Kier alpha value is -1.84. The molecule has 3 nitrogen and oxygen atoms in total. The van der Waals surface area contributed by atoms with Crippen molar-refractivity contribution in [3.63, 3.8) is 0 Å². The molecular formula is C15H20FN3. The van der Waals surface area contributed by atoms with Crippen LogP contribution in [0.2, 0.25) is 0 Å². The molecule has 0 saturated carbocycles. The lowest BCUT2D eigenvalue weighted by molar-refractivity contribution is 0.488. The van der Waals surface area contributed by atoms with E-state index in [0.717, 1.165) is 18.5 Å². The highest BCUT2D eigenvalue weighted by molar-refractivity contribution is 5.72. The van der Waals surface area contributed by atoms with Crippen LogP contribution in [0.25, 0.3) is 11.3 Å². The van der Waals surface area contributed by atoms with E-state index >= 15 is 0 Å². The molecule has 2 aromatic rings. The second kappa shape index (κ2) is 5.43. The molecule has 1 aromatic carbocycles. The first-order valence-electron chi connectivity index (χ1n) is 6.57. The monoisotopic (exact) mass is 261 g/mol. The number of rotatable bonds is 4. The Morgan fingerprint density at radius 2 is 2.11 bits per heavy atom. The predicted octanol–water partition coefficient (Wildman–Crippen LogP) is 3.63. The van der Waals surface area contributed by atoms with E-state index in [9.17, 15) is 4.39 Å². The number of nitrogens with two attached hydrogens (primary N) is 1. The highest BCUT2D eigenvalue weighted by Gasteiger charge is 2.10. The summed E-state index contributed by atoms with van der Waals surface area (Å²) in [6.45, 7) is 6.91. The Labute approximate surface area is 113 Å². The first-order valence-corrected chi connectivity index (χ1v) is 6.57. The number of hydrogen-bond donors (Lipinski definition) is 1. The molecule has 0 atom stereocenters. The highest BCUT2D eigenvalue weighted by Crippen LogP contribution is 2.25. The third-order valence-electron chi connectivity index (χ3n) is 3.17. The zero-order valence-corrected chi connectivity index (χ0v) is 11.7. The van der Waals surface area contributed by atoms with E-state index in [-0.39, 0.29) is 5.82 Å². The van der Waals surface area contributed by atoms with Crippen LogP contribution >= 0.6 is 0 Å². The first kappa shape index (κ1) is 13.6. The number of halogens is 1. The van der Waals surface area contributed by atoms with Gasteiger partial charge in [-0.25, -0.2) is 4.39 Å². The third kappa shape index (κ3) is 3.13. The lowest BCUT2D eigenvalue weighted by Crippen LogP contribution is -2.02. The summed E-state index contributed by atoms with van der Waals surface area (Å²) in [5.74, 6) is 0.388. The van der Waals surface area contributed by atoms with E-state index < -0.39 is 0 Å². The maximum Gasteiger partial charge on any atom is 0.126 e. The van der Waals surface area contributed by atoms with Gasteiger partial charge >= 0.3 is 0 Å². The Morgan fingerprint density at radius 3 is 2.74 bits per heavy atom. The fourth-order valence-electron chi connectivity index (χ4n) is 1.91. The van der Waals surface area contributed by atoms with E-state index in [1.54, 1.807) is 13.0 Å². The average Bonchev–Trinajstić information content (AvgIpc) is 2.72. The predicted molar refractivity (Wildman–Crippen MR) is 76.2 cm³/mol. The van der Waals surface area contributed by atoms with Gasteiger partial charge in [0.05, 0.1) is 5.69 Å². The molecule has 0 aliphatic carbocycles. The second-order valence-electron chi connectivity index (χ2n) is 5.34. The van der Waals surface area contributed by atoms with Crippen LogP contribution in [-0.4, -0.2) is 9.78 Å². The molecule has 0 radical (unpaired) electrons. The topological polar surface area (TPSA) is 43.8 Å². The minimum Gasteiger partial charge on any atom is -0.396 e. The van der Waals surface area contributed by atoms with E-state index in [1.807, 2.05) is 16.9 Å². The van der Waals surface area contributed by atoms with Crippen LogP contribution in [0.15, 0.2) is 24.4 Å². The van der Waals surface area contributed by atoms with E-state index in [2.05, 4.69) is 18.9 Å². The molecule has 2 rings (SSSR count). The van der Waals surface area contributed by atoms with E-state index in [1.165, 1.54) is 6.07 Å². The maximum absolute atomic E-state index is 13.6. The fraction of sp³-hybridized carbons (Fsp3) is 0.400. The number of hydrogen-bond acceptors (Lipinski definition) is 2. The Morgan fingerprint density at radius 1 is 1.37 bits per heavy atom. The minimum atomic E-state index is -0.228. The van der Waals surface area contributed by atoms with Crippen LogP contribution in [0.1, 0.15) is 25.8 Å². The summed E-state index contributed by atoms with van der Waals surface area (Å²) in [5.41, 5.74) is 8.56. The van der Waals surface area contributed by atoms with Gasteiger partial charge in [-0.15, -0.1) is 0 Å². The highest BCUT2D eigenvalue weighted by atomic mass is 19.1. The van der Waals surface area contributed by atoms with Crippen molar-refractivity contribution in [2.24, 2.45) is 5.92 Å². The molecule has 4 heteroatoms. The SMILES string of the molecule is Cc1ccc(-c2nn(CCC(C)C)cc2N)cc1F. The Balaban J connectivity index is 2.27. The van der Waals surface area contributed by atoms with Gasteiger partial charge in [0.15, 0.2) is 0 Å². The van der Waals surface area contributed by atoms with E-state index in [0.29, 0.717) is 22.9 Å². The van der Waals surface area contributed by atoms with Gasteiger partial charge in [0, 0.05) is 18.3 Å². The van der Waals surface area contributed by atoms with Gasteiger partial charge in [-0.3, -0.25) is 4.68 Å². The van der Waals surface area contributed by atoms with Crippen molar-refractivity contribution >= 4 is 5.69 Å². The van der Waals surface area contributed by atoms with Crippen molar-refractivity contribution in [2.45, 2.75) is 33.7 Å². The van der Waals surface area contributed by atoms with Crippen LogP contribution in [0.3, 0.4) is 0 Å². The fourth-order valence-corrected chi connectivity index (χ4v) is 1.91. The van der Waals surface area contributed by atoms with Crippen molar-refractivity contribution in [3.8, 4) is 11.3 Å². The smallest absolute Gasteiger partial charge is 0.126 e. The zero-order chi connectivity index (χ0) is 14.0. The van der Waals surface area contributed by atoms with Gasteiger partial charge in [-0.05, 0) is 30.9 Å². The van der Waals surface area contributed by atoms with Crippen LogP contribution in [0, 0.1) is 18.7 Å². The number of nitrogens with zero attached hydrogens (tertiary/aromatic N) is 2. The normalized spacial score (nSPS) is 11.2. The van der Waals surface area contributed by atoms with Crippen molar-refractivity contribution in [1.82, 2.24) is 9.78 Å². The molecule has 1 heterocycles.